The van der Waals surface area contributed by atoms with Gasteiger partial charge in [-0.2, -0.15) is 0 Å². The Morgan fingerprint density at radius 1 is 1.40 bits per heavy atom. The van der Waals surface area contributed by atoms with Crippen LogP contribution in [-0.2, 0) is 6.54 Å². The van der Waals surface area contributed by atoms with E-state index in [1.54, 1.807) is 6.07 Å². The Morgan fingerprint density at radius 2 is 2.10 bits per heavy atom. The molecule has 2 fully saturated rings. The highest BCUT2D eigenvalue weighted by molar-refractivity contribution is 5.17. The number of nitro groups is 1. The van der Waals surface area contributed by atoms with Gasteiger partial charge in [-0.25, -0.2) is 0 Å². The summed E-state index contributed by atoms with van der Waals surface area (Å²) in [5.74, 6) is 0.461. The van der Waals surface area contributed by atoms with Gasteiger partial charge in [-0.05, 0) is 38.8 Å². The van der Waals surface area contributed by atoms with Gasteiger partial charge in [0, 0.05) is 18.1 Å². The number of piperidine rings is 2. The van der Waals surface area contributed by atoms with Crippen LogP contribution in [0.5, 0.6) is 0 Å². The first kappa shape index (κ1) is 13.6. The highest BCUT2D eigenvalue weighted by Crippen LogP contribution is 2.32. The highest BCUT2D eigenvalue weighted by atomic mass is 16.6. The zero-order chi connectivity index (χ0) is 14.1. The second-order valence-corrected chi connectivity index (χ2v) is 5.95. The lowest BCUT2D eigenvalue weighted by atomic mass is 9.82. The maximum atomic E-state index is 10.6. The highest BCUT2D eigenvalue weighted by Gasteiger charge is 2.35. The molecule has 20 heavy (non-hydrogen) atoms. The van der Waals surface area contributed by atoms with Crippen LogP contribution in [0.1, 0.15) is 37.9 Å². The quantitative estimate of drug-likeness (QED) is 0.676. The average Bonchev–Trinajstić information content (AvgIpc) is 2.86. The molecule has 2 saturated heterocycles. The fraction of sp³-hybridized carbons (Fsp3) is 0.714. The third-order valence-electron chi connectivity index (χ3n) is 4.73. The van der Waals surface area contributed by atoms with E-state index >= 15 is 0 Å². The standard InChI is InChI=1S/C14H21N3O3/c1-16-11-3-2-4-12(16)8-10(7-11)15-9-13-5-6-14(20-13)17(18)19/h5-6,10-12,15H,2-4,7-9H2,1H3. The molecule has 1 N–H and O–H groups in total. The molecule has 2 aliphatic heterocycles. The maximum absolute atomic E-state index is 10.6. The Kier molecular flexibility index (Phi) is 3.76. The van der Waals surface area contributed by atoms with Crippen molar-refractivity contribution >= 4 is 5.88 Å². The molecule has 0 saturated carbocycles. The van der Waals surface area contributed by atoms with Crippen molar-refractivity contribution in [3.63, 3.8) is 0 Å². The first-order valence-electron chi connectivity index (χ1n) is 7.32. The summed E-state index contributed by atoms with van der Waals surface area (Å²) in [6.07, 6.45) is 6.25. The third kappa shape index (κ3) is 2.71. The molecule has 2 atom stereocenters. The molecule has 6 heteroatoms. The number of hydrogen-bond donors (Lipinski definition) is 1. The third-order valence-corrected chi connectivity index (χ3v) is 4.73. The van der Waals surface area contributed by atoms with E-state index in [4.69, 9.17) is 4.42 Å². The zero-order valence-corrected chi connectivity index (χ0v) is 11.7. The Labute approximate surface area is 118 Å². The Balaban J connectivity index is 1.55. The number of rotatable bonds is 4. The van der Waals surface area contributed by atoms with Crippen LogP contribution in [0.2, 0.25) is 0 Å². The number of nitrogens with one attached hydrogen (secondary N) is 1. The molecule has 1 aromatic rings. The van der Waals surface area contributed by atoms with Crippen molar-refractivity contribution in [1.82, 2.24) is 10.2 Å². The largest absolute Gasteiger partial charge is 0.433 e. The van der Waals surface area contributed by atoms with Gasteiger partial charge in [0.25, 0.3) is 0 Å². The van der Waals surface area contributed by atoms with Crippen LogP contribution in [-0.4, -0.2) is 35.0 Å². The van der Waals surface area contributed by atoms with E-state index in [0.717, 1.165) is 12.8 Å². The molecule has 0 radical (unpaired) electrons. The predicted octanol–water partition coefficient (Wildman–Crippen LogP) is 2.29. The summed E-state index contributed by atoms with van der Waals surface area (Å²) in [6, 6.07) is 4.96. The zero-order valence-electron chi connectivity index (χ0n) is 11.7. The normalized spacial score (nSPS) is 30.4. The van der Waals surface area contributed by atoms with Crippen LogP contribution < -0.4 is 5.32 Å². The molecule has 0 aromatic carbocycles. The van der Waals surface area contributed by atoms with E-state index in [9.17, 15) is 10.1 Å². The summed E-state index contributed by atoms with van der Waals surface area (Å²) < 4.78 is 5.18. The smallest absolute Gasteiger partial charge is 0.404 e. The minimum atomic E-state index is -0.497. The van der Waals surface area contributed by atoms with Crippen LogP contribution in [0.3, 0.4) is 0 Å². The fourth-order valence-electron chi connectivity index (χ4n) is 3.59. The topological polar surface area (TPSA) is 71.5 Å². The summed E-state index contributed by atoms with van der Waals surface area (Å²) in [6.45, 7) is 0.571. The van der Waals surface area contributed by atoms with Gasteiger partial charge < -0.3 is 14.6 Å². The van der Waals surface area contributed by atoms with Crippen LogP contribution in [0.15, 0.2) is 16.5 Å². The van der Waals surface area contributed by atoms with Gasteiger partial charge >= 0.3 is 5.88 Å². The van der Waals surface area contributed by atoms with Crippen molar-refractivity contribution < 1.29 is 9.34 Å². The van der Waals surface area contributed by atoms with Crippen LogP contribution >= 0.6 is 0 Å². The SMILES string of the molecule is CN1C2CCCC1CC(NCc1ccc([N+](=O)[O-])o1)C2. The molecular weight excluding hydrogens is 258 g/mol. The average molecular weight is 279 g/mol. The number of hydrogen-bond acceptors (Lipinski definition) is 5. The van der Waals surface area contributed by atoms with Gasteiger partial charge in [0.2, 0.25) is 0 Å². The lowest BCUT2D eigenvalue weighted by Crippen LogP contribution is -2.54. The molecule has 110 valence electrons. The van der Waals surface area contributed by atoms with Crippen molar-refractivity contribution in [3.05, 3.63) is 28.0 Å². The van der Waals surface area contributed by atoms with Crippen molar-refractivity contribution in [2.75, 3.05) is 7.05 Å². The summed E-state index contributed by atoms with van der Waals surface area (Å²) in [5.41, 5.74) is 0. The monoisotopic (exact) mass is 279 g/mol. The van der Waals surface area contributed by atoms with Gasteiger partial charge in [-0.3, -0.25) is 10.1 Å². The van der Waals surface area contributed by atoms with E-state index in [1.807, 2.05) is 0 Å². The fourth-order valence-corrected chi connectivity index (χ4v) is 3.59. The van der Waals surface area contributed by atoms with Crippen molar-refractivity contribution in [3.8, 4) is 0 Å². The Hall–Kier alpha value is -1.40. The molecule has 3 heterocycles. The van der Waals surface area contributed by atoms with Gasteiger partial charge in [-0.1, -0.05) is 6.42 Å². The number of fused-ring (bicyclic) bond motifs is 2. The summed E-state index contributed by atoms with van der Waals surface area (Å²) >= 11 is 0. The maximum Gasteiger partial charge on any atom is 0.433 e. The minimum absolute atomic E-state index is 0.179. The molecule has 1 aromatic heterocycles. The van der Waals surface area contributed by atoms with E-state index < -0.39 is 4.92 Å². The first-order chi connectivity index (χ1) is 9.63. The van der Waals surface area contributed by atoms with Crippen molar-refractivity contribution in [2.24, 2.45) is 0 Å². The van der Waals surface area contributed by atoms with Crippen molar-refractivity contribution in [2.45, 2.75) is 56.8 Å². The number of furan rings is 1. The van der Waals surface area contributed by atoms with E-state index in [1.165, 1.54) is 25.3 Å². The molecular formula is C14H21N3O3. The number of nitrogens with zero attached hydrogens (tertiary/aromatic N) is 2. The van der Waals surface area contributed by atoms with E-state index in [0.29, 0.717) is 30.4 Å². The molecule has 2 unspecified atom stereocenters. The second-order valence-electron chi connectivity index (χ2n) is 5.95. The van der Waals surface area contributed by atoms with Gasteiger partial charge in [0.15, 0.2) is 0 Å². The molecule has 3 rings (SSSR count). The summed E-state index contributed by atoms with van der Waals surface area (Å²) in [4.78, 5) is 12.6. The Morgan fingerprint density at radius 3 is 2.70 bits per heavy atom. The van der Waals surface area contributed by atoms with Crippen LogP contribution in [0, 0.1) is 10.1 Å². The summed E-state index contributed by atoms with van der Waals surface area (Å²) in [5, 5.41) is 14.1. The molecule has 0 amide bonds. The van der Waals surface area contributed by atoms with E-state index in [-0.39, 0.29) is 5.88 Å². The first-order valence-corrected chi connectivity index (χ1v) is 7.32. The van der Waals surface area contributed by atoms with Crippen LogP contribution in [0.4, 0.5) is 5.88 Å². The molecule has 2 bridgehead atoms. The molecule has 6 nitrogen and oxygen atoms in total. The lowest BCUT2D eigenvalue weighted by Gasteiger charge is -2.47. The summed E-state index contributed by atoms with van der Waals surface area (Å²) in [7, 11) is 2.24. The molecule has 0 spiro atoms. The lowest BCUT2D eigenvalue weighted by molar-refractivity contribution is -0.402. The van der Waals surface area contributed by atoms with E-state index in [2.05, 4.69) is 17.3 Å². The van der Waals surface area contributed by atoms with Gasteiger partial charge in [0.1, 0.15) is 10.7 Å². The molecule has 0 aliphatic carbocycles. The van der Waals surface area contributed by atoms with Gasteiger partial charge in [0.05, 0.1) is 12.6 Å². The van der Waals surface area contributed by atoms with Crippen molar-refractivity contribution in [1.29, 1.82) is 0 Å². The Bertz CT molecular complexity index is 474. The minimum Gasteiger partial charge on any atom is -0.404 e. The predicted molar refractivity (Wildman–Crippen MR) is 74.4 cm³/mol. The second kappa shape index (κ2) is 5.54. The van der Waals surface area contributed by atoms with Gasteiger partial charge in [-0.15, -0.1) is 0 Å². The molecule has 2 aliphatic rings. The van der Waals surface area contributed by atoms with Crippen LogP contribution in [0.25, 0.3) is 0 Å².